The number of hydrogen-bond acceptors (Lipinski definition) is 5. The number of carbonyl (C=O) groups is 1. The summed E-state index contributed by atoms with van der Waals surface area (Å²) in [6.07, 6.45) is 3.78. The first-order valence-corrected chi connectivity index (χ1v) is 8.02. The monoisotopic (exact) mass is 378 g/mol. The van der Waals surface area contributed by atoms with Gasteiger partial charge < -0.3 is 15.4 Å². The second kappa shape index (κ2) is 8.59. The van der Waals surface area contributed by atoms with Crippen molar-refractivity contribution in [1.82, 2.24) is 15.3 Å². The molecule has 23 heavy (non-hydrogen) atoms. The van der Waals surface area contributed by atoms with Gasteiger partial charge in [-0.05, 0) is 31.0 Å². The highest BCUT2D eigenvalue weighted by molar-refractivity contribution is 9.10. The average Bonchev–Trinajstić information content (AvgIpc) is 2.55. The van der Waals surface area contributed by atoms with E-state index in [4.69, 9.17) is 4.74 Å². The van der Waals surface area contributed by atoms with Crippen LogP contribution in [-0.2, 0) is 4.74 Å². The lowest BCUT2D eigenvalue weighted by Gasteiger charge is -2.08. The molecule has 0 spiro atoms. The first kappa shape index (κ1) is 17.4. The maximum absolute atomic E-state index is 11.9. The minimum Gasteiger partial charge on any atom is -0.385 e. The smallest absolute Gasteiger partial charge is 0.254 e. The van der Waals surface area contributed by atoms with E-state index in [9.17, 15) is 4.79 Å². The van der Waals surface area contributed by atoms with Crippen LogP contribution in [0.4, 0.5) is 11.6 Å². The van der Waals surface area contributed by atoms with Crippen LogP contribution in [0.2, 0.25) is 0 Å². The molecule has 6 nitrogen and oxygen atoms in total. The van der Waals surface area contributed by atoms with Gasteiger partial charge in [-0.3, -0.25) is 4.79 Å². The number of anilines is 2. The normalized spacial score (nSPS) is 10.4. The van der Waals surface area contributed by atoms with Crippen molar-refractivity contribution in [3.05, 3.63) is 46.2 Å². The van der Waals surface area contributed by atoms with Crippen molar-refractivity contribution in [3.63, 3.8) is 0 Å². The van der Waals surface area contributed by atoms with E-state index in [-0.39, 0.29) is 5.91 Å². The average molecular weight is 379 g/mol. The van der Waals surface area contributed by atoms with Gasteiger partial charge in [-0.1, -0.05) is 22.0 Å². The van der Waals surface area contributed by atoms with Crippen LogP contribution in [0.3, 0.4) is 0 Å². The van der Waals surface area contributed by atoms with Crippen LogP contribution in [0.25, 0.3) is 0 Å². The standard InChI is InChI=1S/C16H19BrN4O2/c1-11-4-5-13(8-14(11)17)21-16-19-9-12(10-20-16)15(22)18-6-3-7-23-2/h4-5,8-10H,3,6-7H2,1-2H3,(H,18,22)(H,19,20,21). The van der Waals surface area contributed by atoms with E-state index < -0.39 is 0 Å². The third-order valence-corrected chi connectivity index (χ3v) is 4.01. The van der Waals surface area contributed by atoms with Crippen molar-refractivity contribution in [2.75, 3.05) is 25.6 Å². The fourth-order valence-electron chi connectivity index (χ4n) is 1.83. The van der Waals surface area contributed by atoms with Gasteiger partial charge in [0.15, 0.2) is 0 Å². The summed E-state index contributed by atoms with van der Waals surface area (Å²) in [4.78, 5) is 20.2. The van der Waals surface area contributed by atoms with Gasteiger partial charge in [0.25, 0.3) is 5.91 Å². The Hall–Kier alpha value is -1.99. The number of benzene rings is 1. The number of carbonyl (C=O) groups excluding carboxylic acids is 1. The Morgan fingerprint density at radius 1 is 1.30 bits per heavy atom. The lowest BCUT2D eigenvalue weighted by molar-refractivity contribution is 0.0948. The number of aromatic nitrogens is 2. The quantitative estimate of drug-likeness (QED) is 0.724. The van der Waals surface area contributed by atoms with Crippen LogP contribution in [-0.4, -0.2) is 36.1 Å². The van der Waals surface area contributed by atoms with Crippen LogP contribution >= 0.6 is 15.9 Å². The summed E-state index contributed by atoms with van der Waals surface area (Å²) in [5, 5.41) is 5.89. The highest BCUT2D eigenvalue weighted by Gasteiger charge is 2.07. The van der Waals surface area contributed by atoms with Gasteiger partial charge in [-0.2, -0.15) is 0 Å². The Balaban J connectivity index is 1.93. The largest absolute Gasteiger partial charge is 0.385 e. The molecule has 122 valence electrons. The zero-order valence-electron chi connectivity index (χ0n) is 13.1. The molecule has 0 radical (unpaired) electrons. The zero-order valence-corrected chi connectivity index (χ0v) is 14.7. The molecule has 0 saturated heterocycles. The molecule has 0 fully saturated rings. The number of halogens is 1. The molecular weight excluding hydrogens is 360 g/mol. The van der Waals surface area contributed by atoms with E-state index in [0.29, 0.717) is 24.7 Å². The summed E-state index contributed by atoms with van der Waals surface area (Å²) in [6.45, 7) is 3.19. The third kappa shape index (κ3) is 5.30. The van der Waals surface area contributed by atoms with E-state index in [0.717, 1.165) is 22.1 Å². The maximum Gasteiger partial charge on any atom is 0.254 e. The predicted octanol–water partition coefficient (Wildman–Crippen LogP) is 3.06. The number of aryl methyl sites for hydroxylation is 1. The molecule has 0 aliphatic carbocycles. The molecule has 1 aromatic heterocycles. The van der Waals surface area contributed by atoms with Crippen LogP contribution in [0, 0.1) is 6.92 Å². The van der Waals surface area contributed by atoms with Gasteiger partial charge in [0.2, 0.25) is 5.95 Å². The molecule has 0 aliphatic heterocycles. The molecule has 0 aliphatic rings. The molecule has 2 rings (SSSR count). The number of nitrogens with one attached hydrogen (secondary N) is 2. The minimum absolute atomic E-state index is 0.189. The molecule has 0 saturated carbocycles. The van der Waals surface area contributed by atoms with Crippen molar-refractivity contribution >= 4 is 33.5 Å². The lowest BCUT2D eigenvalue weighted by atomic mass is 10.2. The summed E-state index contributed by atoms with van der Waals surface area (Å²) in [5.41, 5.74) is 2.45. The SMILES string of the molecule is COCCCNC(=O)c1cnc(Nc2ccc(C)c(Br)c2)nc1. The summed E-state index contributed by atoms with van der Waals surface area (Å²) >= 11 is 3.48. The van der Waals surface area contributed by atoms with Gasteiger partial charge in [-0.15, -0.1) is 0 Å². The van der Waals surface area contributed by atoms with Crippen LogP contribution in [0.5, 0.6) is 0 Å². The number of methoxy groups -OCH3 is 1. The zero-order chi connectivity index (χ0) is 16.7. The summed E-state index contributed by atoms with van der Waals surface area (Å²) in [7, 11) is 1.63. The minimum atomic E-state index is -0.189. The van der Waals surface area contributed by atoms with Crippen LogP contribution in [0.15, 0.2) is 35.1 Å². The fraction of sp³-hybridized carbons (Fsp3) is 0.312. The highest BCUT2D eigenvalue weighted by atomic mass is 79.9. The van der Waals surface area contributed by atoms with E-state index >= 15 is 0 Å². The van der Waals surface area contributed by atoms with Gasteiger partial charge >= 0.3 is 0 Å². The molecular formula is C16H19BrN4O2. The van der Waals surface area contributed by atoms with Crippen LogP contribution in [0.1, 0.15) is 22.3 Å². The van der Waals surface area contributed by atoms with Crippen molar-refractivity contribution in [1.29, 1.82) is 0 Å². The molecule has 0 atom stereocenters. The Bertz CT molecular complexity index is 662. The number of rotatable bonds is 7. The van der Waals surface area contributed by atoms with Gasteiger partial charge in [0.1, 0.15) is 0 Å². The second-order valence-corrected chi connectivity index (χ2v) is 5.84. The summed E-state index contributed by atoms with van der Waals surface area (Å²) in [6, 6.07) is 5.89. The Kier molecular flexibility index (Phi) is 6.49. The Morgan fingerprint density at radius 3 is 2.70 bits per heavy atom. The number of nitrogens with zero attached hydrogens (tertiary/aromatic N) is 2. The molecule has 1 amide bonds. The van der Waals surface area contributed by atoms with Crippen molar-refractivity contribution in [2.24, 2.45) is 0 Å². The molecule has 1 aromatic carbocycles. The van der Waals surface area contributed by atoms with Crippen molar-refractivity contribution in [2.45, 2.75) is 13.3 Å². The molecule has 7 heteroatoms. The van der Waals surface area contributed by atoms with E-state index in [2.05, 4.69) is 36.5 Å². The predicted molar refractivity (Wildman–Crippen MR) is 93.0 cm³/mol. The molecule has 1 heterocycles. The maximum atomic E-state index is 11.9. The highest BCUT2D eigenvalue weighted by Crippen LogP contribution is 2.22. The van der Waals surface area contributed by atoms with Crippen molar-refractivity contribution in [3.8, 4) is 0 Å². The van der Waals surface area contributed by atoms with Crippen molar-refractivity contribution < 1.29 is 9.53 Å². The van der Waals surface area contributed by atoms with E-state index in [1.54, 1.807) is 7.11 Å². The Labute approximate surface area is 143 Å². The summed E-state index contributed by atoms with van der Waals surface area (Å²) < 4.78 is 5.94. The van der Waals surface area contributed by atoms with Gasteiger partial charge in [0.05, 0.1) is 5.56 Å². The first-order chi connectivity index (χ1) is 11.1. The second-order valence-electron chi connectivity index (χ2n) is 4.99. The molecule has 0 unspecified atom stereocenters. The topological polar surface area (TPSA) is 76.1 Å². The van der Waals surface area contributed by atoms with Crippen LogP contribution < -0.4 is 10.6 Å². The third-order valence-electron chi connectivity index (χ3n) is 3.15. The fourth-order valence-corrected chi connectivity index (χ4v) is 2.21. The van der Waals surface area contributed by atoms with E-state index in [1.807, 2.05) is 25.1 Å². The van der Waals surface area contributed by atoms with Gasteiger partial charge in [-0.25, -0.2) is 9.97 Å². The first-order valence-electron chi connectivity index (χ1n) is 7.22. The molecule has 2 aromatic rings. The number of amides is 1. The number of hydrogen-bond donors (Lipinski definition) is 2. The number of ether oxygens (including phenoxy) is 1. The Morgan fingerprint density at radius 2 is 2.04 bits per heavy atom. The molecule has 2 N–H and O–H groups in total. The van der Waals surface area contributed by atoms with Gasteiger partial charge in [0, 0.05) is 42.8 Å². The summed E-state index contributed by atoms with van der Waals surface area (Å²) in [5.74, 6) is 0.252. The lowest BCUT2D eigenvalue weighted by Crippen LogP contribution is -2.25. The molecule has 0 bridgehead atoms. The van der Waals surface area contributed by atoms with E-state index in [1.165, 1.54) is 12.4 Å².